The molecule has 1 N–H and O–H groups in total. The van der Waals surface area contributed by atoms with Crippen molar-refractivity contribution < 1.29 is 9.90 Å². The smallest absolute Gasteiger partial charge is 0.314 e. The van der Waals surface area contributed by atoms with Gasteiger partial charge in [0, 0.05) is 12.5 Å². The van der Waals surface area contributed by atoms with Crippen LogP contribution in [0.3, 0.4) is 0 Å². The molecule has 0 aromatic carbocycles. The minimum Gasteiger partial charge on any atom is -0.481 e. The fourth-order valence-electron chi connectivity index (χ4n) is 1.86. The molecule has 0 spiro atoms. The van der Waals surface area contributed by atoms with Gasteiger partial charge in [-0.25, -0.2) is 0 Å². The number of aliphatic carboxylic acids is 1. The normalized spacial score (nSPS) is 20.1. The van der Waals surface area contributed by atoms with Gasteiger partial charge < -0.3 is 9.67 Å². The number of hydrogen-bond donors (Lipinski definition) is 1. The zero-order valence-electron chi connectivity index (χ0n) is 8.27. The van der Waals surface area contributed by atoms with Crippen molar-refractivity contribution in [1.82, 2.24) is 14.8 Å². The van der Waals surface area contributed by atoms with E-state index >= 15 is 0 Å². The lowest BCUT2D eigenvalue weighted by atomic mass is 10.1. The molecule has 2 heterocycles. The molecule has 1 aromatic rings. The van der Waals surface area contributed by atoms with E-state index in [1.807, 2.05) is 18.4 Å². The summed E-state index contributed by atoms with van der Waals surface area (Å²) in [5, 5.41) is 16.9. The molecule has 5 nitrogen and oxygen atoms in total. The zero-order valence-corrected chi connectivity index (χ0v) is 8.27. The summed E-state index contributed by atoms with van der Waals surface area (Å²) in [5.74, 6) is 0.537. The average molecular weight is 195 g/mol. The van der Waals surface area contributed by atoms with E-state index in [0.717, 1.165) is 12.4 Å². The molecular weight excluding hydrogens is 182 g/mol. The minimum absolute atomic E-state index is 0.295. The van der Waals surface area contributed by atoms with Crippen molar-refractivity contribution in [1.29, 1.82) is 0 Å². The van der Waals surface area contributed by atoms with E-state index in [0.29, 0.717) is 18.2 Å². The second-order valence-corrected chi connectivity index (χ2v) is 3.90. The maximum absolute atomic E-state index is 10.9. The summed E-state index contributed by atoms with van der Waals surface area (Å²) in [4.78, 5) is 10.9. The van der Waals surface area contributed by atoms with E-state index in [-0.39, 0.29) is 0 Å². The molecule has 1 unspecified atom stereocenters. The summed E-state index contributed by atoms with van der Waals surface area (Å²) in [6.45, 7) is 4.80. The zero-order chi connectivity index (χ0) is 10.3. The van der Waals surface area contributed by atoms with Crippen LogP contribution < -0.4 is 0 Å². The quantitative estimate of drug-likeness (QED) is 0.763. The second kappa shape index (κ2) is 3.08. The van der Waals surface area contributed by atoms with E-state index in [1.165, 1.54) is 0 Å². The Hall–Kier alpha value is -1.39. The van der Waals surface area contributed by atoms with Crippen LogP contribution in [0.15, 0.2) is 0 Å². The molecule has 0 bridgehead atoms. The number of carbonyl (C=O) groups is 1. The number of fused-ring (bicyclic) bond motifs is 1. The first-order valence-electron chi connectivity index (χ1n) is 4.77. The third-order valence-electron chi connectivity index (χ3n) is 2.58. The maximum Gasteiger partial charge on any atom is 0.314 e. The molecule has 76 valence electrons. The van der Waals surface area contributed by atoms with Crippen LogP contribution >= 0.6 is 0 Å². The summed E-state index contributed by atoms with van der Waals surface area (Å²) < 4.78 is 1.93. The average Bonchev–Trinajstić information content (AvgIpc) is 2.59. The monoisotopic (exact) mass is 195 g/mol. The second-order valence-electron chi connectivity index (χ2n) is 3.90. The fraction of sp³-hybridized carbons (Fsp3) is 0.667. The predicted octanol–water partition coefficient (Wildman–Crippen LogP) is 0.973. The summed E-state index contributed by atoms with van der Waals surface area (Å²) in [7, 11) is 0. The predicted molar refractivity (Wildman–Crippen MR) is 49.1 cm³/mol. The Balaban J connectivity index is 2.39. The molecule has 0 radical (unpaired) electrons. The number of carboxylic acids is 1. The van der Waals surface area contributed by atoms with Crippen molar-refractivity contribution >= 4 is 5.97 Å². The van der Waals surface area contributed by atoms with Crippen LogP contribution in [-0.2, 0) is 11.3 Å². The molecule has 1 atom stereocenters. The van der Waals surface area contributed by atoms with Gasteiger partial charge in [0.2, 0.25) is 0 Å². The van der Waals surface area contributed by atoms with E-state index in [2.05, 4.69) is 10.2 Å². The van der Waals surface area contributed by atoms with E-state index in [9.17, 15) is 4.79 Å². The van der Waals surface area contributed by atoms with E-state index in [4.69, 9.17) is 5.11 Å². The number of hydrogen-bond acceptors (Lipinski definition) is 3. The van der Waals surface area contributed by atoms with Crippen molar-refractivity contribution in [2.75, 3.05) is 0 Å². The highest BCUT2D eigenvalue weighted by Gasteiger charge is 2.33. The van der Waals surface area contributed by atoms with Gasteiger partial charge >= 0.3 is 5.97 Å². The van der Waals surface area contributed by atoms with E-state index in [1.54, 1.807) is 0 Å². The number of rotatable bonds is 2. The number of aromatic nitrogens is 3. The van der Waals surface area contributed by atoms with Crippen LogP contribution in [0.5, 0.6) is 0 Å². The van der Waals surface area contributed by atoms with E-state index < -0.39 is 11.9 Å². The van der Waals surface area contributed by atoms with Crippen LogP contribution in [0.1, 0.15) is 43.8 Å². The van der Waals surface area contributed by atoms with Crippen LogP contribution in [-0.4, -0.2) is 25.8 Å². The maximum atomic E-state index is 10.9. The summed E-state index contributed by atoms with van der Waals surface area (Å²) in [6.07, 6.45) is 0.639. The standard InChI is InChI=1S/C9H13N3O2/c1-5(2)7-10-11-8-6(9(13)14)3-4-12(7)8/h5-6H,3-4H2,1-2H3,(H,13,14). The Labute approximate surface area is 81.8 Å². The van der Waals surface area contributed by atoms with Gasteiger partial charge in [-0.05, 0) is 6.42 Å². The Morgan fingerprint density at radius 2 is 2.29 bits per heavy atom. The van der Waals surface area contributed by atoms with Crippen molar-refractivity contribution in [3.63, 3.8) is 0 Å². The summed E-state index contributed by atoms with van der Waals surface area (Å²) in [5.41, 5.74) is 0. The van der Waals surface area contributed by atoms with Gasteiger partial charge in [0.1, 0.15) is 17.6 Å². The molecule has 1 aliphatic rings. The van der Waals surface area contributed by atoms with Crippen LogP contribution in [0, 0.1) is 0 Å². The first-order chi connectivity index (χ1) is 6.61. The minimum atomic E-state index is -0.800. The lowest BCUT2D eigenvalue weighted by Crippen LogP contribution is -2.09. The molecule has 0 fully saturated rings. The Morgan fingerprint density at radius 3 is 2.86 bits per heavy atom. The highest BCUT2D eigenvalue weighted by atomic mass is 16.4. The van der Waals surface area contributed by atoms with Crippen molar-refractivity contribution in [3.8, 4) is 0 Å². The van der Waals surface area contributed by atoms with Crippen LogP contribution in [0.2, 0.25) is 0 Å². The third-order valence-corrected chi connectivity index (χ3v) is 2.58. The Kier molecular flexibility index (Phi) is 2.02. The Bertz CT molecular complexity index is 370. The molecule has 0 aliphatic carbocycles. The SMILES string of the molecule is CC(C)c1nnc2n1CCC2C(=O)O. The van der Waals surface area contributed by atoms with Gasteiger partial charge in [0.15, 0.2) is 0 Å². The highest BCUT2D eigenvalue weighted by Crippen LogP contribution is 2.29. The van der Waals surface area contributed by atoms with Crippen molar-refractivity contribution in [2.45, 2.75) is 38.6 Å². The lowest BCUT2D eigenvalue weighted by Gasteiger charge is -2.04. The summed E-state index contributed by atoms with van der Waals surface area (Å²) in [6, 6.07) is 0. The molecule has 14 heavy (non-hydrogen) atoms. The van der Waals surface area contributed by atoms with Gasteiger partial charge in [-0.3, -0.25) is 4.79 Å². The topological polar surface area (TPSA) is 68.0 Å². The van der Waals surface area contributed by atoms with Crippen molar-refractivity contribution in [2.24, 2.45) is 0 Å². The molecule has 2 rings (SSSR count). The third kappa shape index (κ3) is 1.20. The van der Waals surface area contributed by atoms with Gasteiger partial charge in [-0.1, -0.05) is 13.8 Å². The van der Waals surface area contributed by atoms with Crippen LogP contribution in [0.4, 0.5) is 0 Å². The van der Waals surface area contributed by atoms with Gasteiger partial charge in [0.25, 0.3) is 0 Å². The summed E-state index contributed by atoms with van der Waals surface area (Å²) >= 11 is 0. The Morgan fingerprint density at radius 1 is 1.57 bits per heavy atom. The van der Waals surface area contributed by atoms with Crippen molar-refractivity contribution in [3.05, 3.63) is 11.6 Å². The van der Waals surface area contributed by atoms with Gasteiger partial charge in [-0.15, -0.1) is 10.2 Å². The molecule has 0 amide bonds. The first-order valence-corrected chi connectivity index (χ1v) is 4.77. The van der Waals surface area contributed by atoms with Crippen LogP contribution in [0.25, 0.3) is 0 Å². The molecule has 0 saturated heterocycles. The fourth-order valence-corrected chi connectivity index (χ4v) is 1.86. The first kappa shape index (κ1) is 9.18. The largest absolute Gasteiger partial charge is 0.481 e. The molecule has 0 saturated carbocycles. The van der Waals surface area contributed by atoms with Gasteiger partial charge in [-0.2, -0.15) is 0 Å². The molecular formula is C9H13N3O2. The number of nitrogens with zero attached hydrogens (tertiary/aromatic N) is 3. The number of carboxylic acid groups (broad SMARTS) is 1. The highest BCUT2D eigenvalue weighted by molar-refractivity contribution is 5.75. The van der Waals surface area contributed by atoms with Gasteiger partial charge in [0.05, 0.1) is 0 Å². The molecule has 1 aliphatic heterocycles. The lowest BCUT2D eigenvalue weighted by molar-refractivity contribution is -0.138. The molecule has 1 aromatic heterocycles. The molecule has 5 heteroatoms.